The third-order valence-corrected chi connectivity index (χ3v) is 17.3. The van der Waals surface area contributed by atoms with Crippen molar-refractivity contribution in [3.05, 3.63) is 0 Å². The molecule has 35 heavy (non-hydrogen) atoms. The summed E-state index contributed by atoms with van der Waals surface area (Å²) in [4.78, 5) is 12.4. The summed E-state index contributed by atoms with van der Waals surface area (Å²) in [5, 5.41) is 0.442. The maximum atomic E-state index is 12.4. The van der Waals surface area contributed by atoms with E-state index < -0.39 is 16.6 Å². The molecule has 1 aliphatic heterocycles. The second-order valence-electron chi connectivity index (χ2n) is 13.4. The molecule has 0 saturated heterocycles. The summed E-state index contributed by atoms with van der Waals surface area (Å²) in [6.45, 7) is 23.8. The first kappa shape index (κ1) is 32.4. The van der Waals surface area contributed by atoms with Crippen LogP contribution in [0.5, 0.6) is 0 Å². The van der Waals surface area contributed by atoms with Gasteiger partial charge in [0, 0.05) is 19.4 Å². The zero-order valence-corrected chi connectivity index (χ0v) is 26.8. The lowest BCUT2D eigenvalue weighted by atomic mass is 10.0. The second-order valence-corrected chi connectivity index (χ2v) is 23.0. The van der Waals surface area contributed by atoms with Gasteiger partial charge in [0.05, 0.1) is 12.5 Å². The van der Waals surface area contributed by atoms with Crippen molar-refractivity contribution in [1.82, 2.24) is 0 Å². The molecular formula is C29H56O4Si2. The van der Waals surface area contributed by atoms with E-state index >= 15 is 0 Å². The van der Waals surface area contributed by atoms with Crippen LogP contribution in [0, 0.1) is 11.8 Å². The minimum absolute atomic E-state index is 0.0190. The van der Waals surface area contributed by atoms with Crippen molar-refractivity contribution in [3.8, 4) is 11.8 Å². The molecular weight excluding hydrogens is 468 g/mol. The molecule has 0 bridgehead atoms. The summed E-state index contributed by atoms with van der Waals surface area (Å²) in [6.07, 6.45) is 10.3. The van der Waals surface area contributed by atoms with Gasteiger partial charge < -0.3 is 13.6 Å². The molecule has 1 aliphatic rings. The number of hydrogen-bond acceptors (Lipinski definition) is 4. The van der Waals surface area contributed by atoms with Gasteiger partial charge in [-0.15, -0.1) is 11.8 Å². The molecule has 1 rings (SSSR count). The number of esters is 1. The van der Waals surface area contributed by atoms with Crippen molar-refractivity contribution < 1.29 is 18.4 Å². The van der Waals surface area contributed by atoms with Crippen LogP contribution in [-0.4, -0.2) is 41.4 Å². The van der Waals surface area contributed by atoms with Gasteiger partial charge in [-0.1, -0.05) is 54.4 Å². The van der Waals surface area contributed by atoms with Gasteiger partial charge in [0.2, 0.25) is 0 Å². The molecule has 2 atom stereocenters. The molecule has 0 fully saturated rings. The van der Waals surface area contributed by atoms with E-state index in [0.29, 0.717) is 12.8 Å². The van der Waals surface area contributed by atoms with Crippen molar-refractivity contribution in [2.75, 3.05) is 6.61 Å². The highest BCUT2D eigenvalue weighted by Crippen LogP contribution is 2.38. The Balaban J connectivity index is 2.59. The van der Waals surface area contributed by atoms with Gasteiger partial charge >= 0.3 is 5.97 Å². The molecule has 0 spiro atoms. The molecule has 6 heteroatoms. The molecule has 4 nitrogen and oxygen atoms in total. The average Bonchev–Trinajstić information content (AvgIpc) is 2.70. The van der Waals surface area contributed by atoms with Crippen molar-refractivity contribution in [3.63, 3.8) is 0 Å². The van der Waals surface area contributed by atoms with Crippen LogP contribution in [-0.2, 0) is 18.4 Å². The number of carbonyl (C=O) groups excluding carboxylic acids is 1. The molecule has 0 N–H and O–H groups in total. The van der Waals surface area contributed by atoms with E-state index in [0.717, 1.165) is 64.4 Å². The summed E-state index contributed by atoms with van der Waals surface area (Å²) in [5.41, 5.74) is 0. The monoisotopic (exact) mass is 524 g/mol. The fourth-order valence-electron chi connectivity index (χ4n) is 3.68. The van der Waals surface area contributed by atoms with Crippen LogP contribution in [0.25, 0.3) is 0 Å². The zero-order valence-electron chi connectivity index (χ0n) is 24.8. The lowest BCUT2D eigenvalue weighted by molar-refractivity contribution is -0.149. The highest BCUT2D eigenvalue weighted by Gasteiger charge is 2.39. The predicted octanol–water partition coefficient (Wildman–Crippen LogP) is 8.62. The molecule has 2 unspecified atom stereocenters. The molecule has 0 aromatic carbocycles. The Bertz CT molecular complexity index is 692. The Morgan fingerprint density at radius 3 is 2.14 bits per heavy atom. The first-order valence-electron chi connectivity index (χ1n) is 14.0. The van der Waals surface area contributed by atoms with Crippen LogP contribution in [0.15, 0.2) is 0 Å². The van der Waals surface area contributed by atoms with E-state index in [4.69, 9.17) is 13.6 Å². The minimum atomic E-state index is -1.82. The SMILES string of the molecule is CC(C)(C)[Si](C)(C)OCCCCC1CCCCCC(O[Si](C)(C)C(C)(C)C)CC#CCCC(=O)O1. The molecule has 0 aliphatic carbocycles. The molecule has 0 aromatic rings. The van der Waals surface area contributed by atoms with Crippen molar-refractivity contribution in [1.29, 1.82) is 0 Å². The zero-order chi connectivity index (χ0) is 26.8. The highest BCUT2D eigenvalue weighted by atomic mass is 28.4. The van der Waals surface area contributed by atoms with E-state index in [1.165, 1.54) is 0 Å². The fraction of sp³-hybridized carbons (Fsp3) is 0.897. The number of unbranched alkanes of at least 4 members (excludes halogenated alkanes) is 1. The molecule has 1 heterocycles. The summed E-state index contributed by atoms with van der Waals surface area (Å²) in [5.74, 6) is 6.39. The van der Waals surface area contributed by atoms with Crippen molar-refractivity contribution >= 4 is 22.6 Å². The Hall–Kier alpha value is -0.616. The van der Waals surface area contributed by atoms with Crippen LogP contribution >= 0.6 is 0 Å². The van der Waals surface area contributed by atoms with Gasteiger partial charge in [-0.25, -0.2) is 0 Å². The van der Waals surface area contributed by atoms with Gasteiger partial charge in [-0.3, -0.25) is 4.79 Å². The maximum absolute atomic E-state index is 12.4. The van der Waals surface area contributed by atoms with Gasteiger partial charge in [-0.2, -0.15) is 0 Å². The van der Waals surface area contributed by atoms with Gasteiger partial charge in [0.1, 0.15) is 6.10 Å². The third kappa shape index (κ3) is 12.5. The number of ether oxygens (including phenoxy) is 1. The lowest BCUT2D eigenvalue weighted by Crippen LogP contribution is -2.43. The van der Waals surface area contributed by atoms with E-state index in [1.54, 1.807) is 0 Å². The highest BCUT2D eigenvalue weighted by molar-refractivity contribution is 6.74. The van der Waals surface area contributed by atoms with Gasteiger partial charge in [0.15, 0.2) is 16.6 Å². The lowest BCUT2D eigenvalue weighted by Gasteiger charge is -2.39. The van der Waals surface area contributed by atoms with E-state index in [9.17, 15) is 4.79 Å². The van der Waals surface area contributed by atoms with Crippen LogP contribution in [0.1, 0.15) is 112 Å². The van der Waals surface area contributed by atoms with Crippen molar-refractivity contribution in [2.24, 2.45) is 0 Å². The Labute approximate surface area is 219 Å². The normalized spacial score (nSPS) is 22.1. The van der Waals surface area contributed by atoms with Crippen molar-refractivity contribution in [2.45, 2.75) is 161 Å². The Kier molecular flexibility index (Phi) is 13.3. The summed E-state index contributed by atoms with van der Waals surface area (Å²) in [6, 6.07) is 0. The number of carbonyl (C=O) groups is 1. The average molecular weight is 525 g/mol. The standard InChI is InChI=1S/C29H56O4Si2/c1-28(2,3)34(7,8)31-24-18-17-20-25-19-13-11-14-21-26(33-35(9,10)29(4,5)6)22-15-12-16-23-27(30)32-25/h25-26H,11,13-14,16-24H2,1-10H3. The summed E-state index contributed by atoms with van der Waals surface area (Å²) >= 11 is 0. The maximum Gasteiger partial charge on any atom is 0.307 e. The predicted molar refractivity (Wildman–Crippen MR) is 154 cm³/mol. The van der Waals surface area contributed by atoms with E-state index in [2.05, 4.69) is 79.6 Å². The Morgan fingerprint density at radius 2 is 1.51 bits per heavy atom. The van der Waals surface area contributed by atoms with E-state index in [1.807, 2.05) is 0 Å². The fourth-order valence-corrected chi connectivity index (χ4v) is 6.16. The third-order valence-electron chi connectivity index (χ3n) is 8.22. The van der Waals surface area contributed by atoms with Crippen LogP contribution in [0.2, 0.25) is 36.3 Å². The summed E-state index contributed by atoms with van der Waals surface area (Å²) < 4.78 is 18.9. The van der Waals surface area contributed by atoms with E-state index in [-0.39, 0.29) is 28.3 Å². The molecule has 204 valence electrons. The van der Waals surface area contributed by atoms with Gasteiger partial charge in [0.25, 0.3) is 0 Å². The largest absolute Gasteiger partial charge is 0.462 e. The molecule has 0 saturated carbocycles. The summed E-state index contributed by atoms with van der Waals surface area (Å²) in [7, 11) is -3.51. The second kappa shape index (κ2) is 14.4. The topological polar surface area (TPSA) is 44.8 Å². The minimum Gasteiger partial charge on any atom is -0.462 e. The van der Waals surface area contributed by atoms with Crippen LogP contribution < -0.4 is 0 Å². The first-order chi connectivity index (χ1) is 16.1. The number of cyclic esters (lactones) is 1. The number of rotatable bonds is 8. The number of hydrogen-bond donors (Lipinski definition) is 0. The first-order valence-corrected chi connectivity index (χ1v) is 19.8. The molecule has 0 radical (unpaired) electrons. The molecule has 0 amide bonds. The van der Waals surface area contributed by atoms with Crippen LogP contribution in [0.4, 0.5) is 0 Å². The molecule has 0 aromatic heterocycles. The Morgan fingerprint density at radius 1 is 0.886 bits per heavy atom. The quantitative estimate of drug-likeness (QED) is 0.138. The van der Waals surface area contributed by atoms with Gasteiger partial charge in [-0.05, 0) is 74.8 Å². The van der Waals surface area contributed by atoms with Crippen LogP contribution in [0.3, 0.4) is 0 Å². The smallest absolute Gasteiger partial charge is 0.307 e.